The van der Waals surface area contributed by atoms with Crippen molar-refractivity contribution in [2.75, 3.05) is 0 Å². The van der Waals surface area contributed by atoms with Crippen LogP contribution in [-0.4, -0.2) is 15.0 Å². The van der Waals surface area contributed by atoms with Crippen LogP contribution in [0.2, 0.25) is 0 Å². The highest BCUT2D eigenvalue weighted by atomic mass is 19.4. The first-order chi connectivity index (χ1) is 6.07. The molecule has 0 atom stereocenters. The van der Waals surface area contributed by atoms with E-state index in [0.717, 1.165) is 12.8 Å². The third-order valence-corrected chi connectivity index (χ3v) is 2.07. The van der Waals surface area contributed by atoms with Gasteiger partial charge in [0, 0.05) is 0 Å². The molecular formula is C7H8F3N3. The minimum atomic E-state index is -4.47. The van der Waals surface area contributed by atoms with Crippen molar-refractivity contribution in [2.45, 2.75) is 32.0 Å². The van der Waals surface area contributed by atoms with Crippen LogP contribution in [0.5, 0.6) is 0 Å². The molecule has 1 aliphatic rings. The van der Waals surface area contributed by atoms with E-state index in [-0.39, 0.29) is 4.80 Å². The molecule has 0 spiro atoms. The van der Waals surface area contributed by atoms with Gasteiger partial charge in [0.1, 0.15) is 0 Å². The molecule has 2 rings (SSSR count). The molecule has 1 aliphatic carbocycles. The minimum absolute atomic E-state index is 0.136. The Bertz CT molecular complexity index is 292. The first-order valence-electron chi connectivity index (χ1n) is 4.09. The summed E-state index contributed by atoms with van der Waals surface area (Å²) in [6.45, 7) is 0. The van der Waals surface area contributed by atoms with Crippen molar-refractivity contribution in [3.63, 3.8) is 0 Å². The molecule has 0 amide bonds. The molecular weight excluding hydrogens is 183 g/mol. The Balaban J connectivity index is 2.36. The maximum Gasteiger partial charge on any atom is 0.521 e. The Morgan fingerprint density at radius 3 is 1.85 bits per heavy atom. The lowest BCUT2D eigenvalue weighted by molar-refractivity contribution is -0.221. The van der Waals surface area contributed by atoms with Gasteiger partial charge in [0.05, 0.1) is 11.4 Å². The van der Waals surface area contributed by atoms with E-state index >= 15 is 0 Å². The molecule has 1 aromatic heterocycles. The Labute approximate surface area is 72.5 Å². The van der Waals surface area contributed by atoms with Gasteiger partial charge in [-0.2, -0.15) is 10.2 Å². The number of hydrogen-bond acceptors (Lipinski definition) is 2. The van der Waals surface area contributed by atoms with Crippen LogP contribution in [0.3, 0.4) is 0 Å². The Morgan fingerprint density at radius 2 is 1.46 bits per heavy atom. The van der Waals surface area contributed by atoms with Crippen molar-refractivity contribution in [3.05, 3.63) is 11.4 Å². The molecule has 0 saturated heterocycles. The Morgan fingerprint density at radius 1 is 1.00 bits per heavy atom. The van der Waals surface area contributed by atoms with Gasteiger partial charge in [-0.25, -0.2) is 0 Å². The molecule has 0 unspecified atom stereocenters. The normalized spacial score (nSPS) is 17.2. The molecule has 0 saturated carbocycles. The highest BCUT2D eigenvalue weighted by molar-refractivity contribution is 5.11. The second kappa shape index (κ2) is 2.71. The zero-order valence-corrected chi connectivity index (χ0v) is 6.80. The Kier molecular flexibility index (Phi) is 1.78. The van der Waals surface area contributed by atoms with E-state index in [9.17, 15) is 13.2 Å². The average Bonchev–Trinajstić information content (AvgIpc) is 2.45. The van der Waals surface area contributed by atoms with Crippen LogP contribution in [0.25, 0.3) is 0 Å². The van der Waals surface area contributed by atoms with Crippen molar-refractivity contribution >= 4 is 0 Å². The molecule has 0 fully saturated rings. The topological polar surface area (TPSA) is 30.7 Å². The van der Waals surface area contributed by atoms with Crippen molar-refractivity contribution in [2.24, 2.45) is 0 Å². The Hall–Kier alpha value is -1.07. The molecule has 0 radical (unpaired) electrons. The van der Waals surface area contributed by atoms with E-state index < -0.39 is 6.30 Å². The molecule has 72 valence electrons. The lowest BCUT2D eigenvalue weighted by Gasteiger charge is -2.04. The SMILES string of the molecule is FC(F)(F)n1nc2c(n1)CCCC2. The second-order valence-electron chi connectivity index (χ2n) is 3.06. The van der Waals surface area contributed by atoms with Gasteiger partial charge >= 0.3 is 6.30 Å². The fourth-order valence-electron chi connectivity index (χ4n) is 1.45. The second-order valence-corrected chi connectivity index (χ2v) is 3.06. The van der Waals surface area contributed by atoms with Crippen LogP contribution < -0.4 is 0 Å². The highest BCUT2D eigenvalue weighted by Crippen LogP contribution is 2.23. The monoisotopic (exact) mass is 191 g/mol. The molecule has 1 aromatic rings. The molecule has 0 aliphatic heterocycles. The third-order valence-electron chi connectivity index (χ3n) is 2.07. The number of fused-ring (bicyclic) bond motifs is 1. The summed E-state index contributed by atoms with van der Waals surface area (Å²) in [7, 11) is 0. The summed E-state index contributed by atoms with van der Waals surface area (Å²) < 4.78 is 36.3. The van der Waals surface area contributed by atoms with Crippen LogP contribution in [0.15, 0.2) is 0 Å². The number of rotatable bonds is 0. The van der Waals surface area contributed by atoms with E-state index in [4.69, 9.17) is 0 Å². The van der Waals surface area contributed by atoms with E-state index in [1.807, 2.05) is 0 Å². The summed E-state index contributed by atoms with van der Waals surface area (Å²) in [5.41, 5.74) is 1.01. The van der Waals surface area contributed by atoms with Crippen molar-refractivity contribution in [3.8, 4) is 0 Å². The van der Waals surface area contributed by atoms with Crippen LogP contribution in [0.4, 0.5) is 13.2 Å². The van der Waals surface area contributed by atoms with Crippen molar-refractivity contribution in [1.29, 1.82) is 0 Å². The number of alkyl halides is 3. The maximum absolute atomic E-state index is 12.1. The minimum Gasteiger partial charge on any atom is -0.150 e. The zero-order chi connectivity index (χ0) is 9.47. The van der Waals surface area contributed by atoms with Crippen LogP contribution in [-0.2, 0) is 19.1 Å². The fourth-order valence-corrected chi connectivity index (χ4v) is 1.45. The summed E-state index contributed by atoms with van der Waals surface area (Å²) >= 11 is 0. The summed E-state index contributed by atoms with van der Waals surface area (Å²) in [4.78, 5) is -0.136. The molecule has 0 aromatic carbocycles. The fraction of sp³-hybridized carbons (Fsp3) is 0.714. The summed E-state index contributed by atoms with van der Waals surface area (Å²) in [6.07, 6.45) is -1.43. The van der Waals surface area contributed by atoms with E-state index in [1.165, 1.54) is 0 Å². The van der Waals surface area contributed by atoms with Gasteiger partial charge < -0.3 is 0 Å². The van der Waals surface area contributed by atoms with Gasteiger partial charge in [-0.3, -0.25) is 0 Å². The van der Waals surface area contributed by atoms with Gasteiger partial charge in [-0.15, -0.1) is 13.2 Å². The molecule has 13 heavy (non-hydrogen) atoms. The van der Waals surface area contributed by atoms with Crippen LogP contribution in [0, 0.1) is 0 Å². The summed E-state index contributed by atoms with van der Waals surface area (Å²) in [6, 6.07) is 0. The lowest BCUT2D eigenvalue weighted by atomic mass is 10.0. The number of aryl methyl sites for hydroxylation is 2. The average molecular weight is 191 g/mol. The quantitative estimate of drug-likeness (QED) is 0.624. The first-order valence-corrected chi connectivity index (χ1v) is 4.09. The zero-order valence-electron chi connectivity index (χ0n) is 6.80. The molecule has 0 N–H and O–H groups in total. The maximum atomic E-state index is 12.1. The summed E-state index contributed by atoms with van der Waals surface area (Å²) in [5, 5.41) is 6.81. The van der Waals surface area contributed by atoms with Crippen molar-refractivity contribution in [1.82, 2.24) is 15.0 Å². The summed E-state index contributed by atoms with van der Waals surface area (Å²) in [5.74, 6) is 0. The van der Waals surface area contributed by atoms with Gasteiger partial charge in [-0.1, -0.05) is 4.80 Å². The van der Waals surface area contributed by atoms with Gasteiger partial charge in [0.25, 0.3) is 0 Å². The highest BCUT2D eigenvalue weighted by Gasteiger charge is 2.35. The molecule has 6 heteroatoms. The van der Waals surface area contributed by atoms with E-state index in [2.05, 4.69) is 10.2 Å². The number of hydrogen-bond donors (Lipinski definition) is 0. The van der Waals surface area contributed by atoms with Crippen LogP contribution in [0.1, 0.15) is 24.2 Å². The van der Waals surface area contributed by atoms with E-state index in [0.29, 0.717) is 24.2 Å². The van der Waals surface area contributed by atoms with Crippen molar-refractivity contribution < 1.29 is 13.2 Å². The predicted molar refractivity (Wildman–Crippen MR) is 38.0 cm³/mol. The lowest BCUT2D eigenvalue weighted by Crippen LogP contribution is -2.20. The number of aromatic nitrogens is 3. The standard InChI is InChI=1S/C7H8F3N3/c8-7(9,10)13-11-5-3-1-2-4-6(5)12-13/h1-4H2. The van der Waals surface area contributed by atoms with Crippen LogP contribution >= 0.6 is 0 Å². The van der Waals surface area contributed by atoms with Gasteiger partial charge in [0.2, 0.25) is 0 Å². The smallest absolute Gasteiger partial charge is 0.150 e. The third kappa shape index (κ3) is 1.52. The van der Waals surface area contributed by atoms with Gasteiger partial charge in [-0.05, 0) is 25.7 Å². The number of nitrogens with zero attached hydrogens (tertiary/aromatic N) is 3. The predicted octanol–water partition coefficient (Wildman–Crippen LogP) is 1.63. The number of halogens is 3. The molecule has 0 bridgehead atoms. The van der Waals surface area contributed by atoms with E-state index in [1.54, 1.807) is 0 Å². The molecule has 3 nitrogen and oxygen atoms in total. The van der Waals surface area contributed by atoms with Gasteiger partial charge in [0.15, 0.2) is 0 Å². The largest absolute Gasteiger partial charge is 0.521 e. The molecule has 1 heterocycles. The first kappa shape index (κ1) is 8.52.